The number of nitrogens with zero attached hydrogens (tertiary/aromatic N) is 2. The van der Waals surface area contributed by atoms with E-state index in [0.717, 1.165) is 30.7 Å². The van der Waals surface area contributed by atoms with Crippen LogP contribution in [-0.4, -0.2) is 9.55 Å². The standard InChI is InChI=1S/C35H26N2/c1-2-3-21-37-34-29-14-7-5-12-26(29)25-11-4-6-13-28(25)33(34)36-35(37)30-20-18-24-16-15-22-9-8-10-23-17-19-27(30)32(24)31(22)23/h4-20H,2-3,21H2,1H3. The lowest BCUT2D eigenvalue weighted by Crippen LogP contribution is -2.02. The molecule has 7 aromatic carbocycles. The van der Waals surface area contributed by atoms with Crippen LogP contribution >= 0.6 is 0 Å². The van der Waals surface area contributed by atoms with E-state index >= 15 is 0 Å². The second-order valence-corrected chi connectivity index (χ2v) is 10.2. The van der Waals surface area contributed by atoms with Gasteiger partial charge in [-0.2, -0.15) is 0 Å². The average Bonchev–Trinajstić information content (AvgIpc) is 3.34. The van der Waals surface area contributed by atoms with Crippen molar-refractivity contribution in [2.24, 2.45) is 0 Å². The second kappa shape index (κ2) is 7.78. The molecule has 2 nitrogen and oxygen atoms in total. The summed E-state index contributed by atoms with van der Waals surface area (Å²) in [6.45, 7) is 3.22. The Morgan fingerprint density at radius 1 is 0.568 bits per heavy atom. The van der Waals surface area contributed by atoms with Gasteiger partial charge in [-0.3, -0.25) is 0 Å². The first kappa shape index (κ1) is 20.7. The third-order valence-corrected chi connectivity index (χ3v) is 8.13. The Bertz CT molecular complexity index is 2110. The molecule has 1 aromatic heterocycles. The highest BCUT2D eigenvalue weighted by Gasteiger charge is 2.21. The number of aromatic nitrogens is 2. The number of hydrogen-bond donors (Lipinski definition) is 0. The molecular formula is C35H26N2. The van der Waals surface area contributed by atoms with Crippen molar-refractivity contribution in [2.45, 2.75) is 26.3 Å². The van der Waals surface area contributed by atoms with E-state index in [-0.39, 0.29) is 0 Å². The molecule has 0 N–H and O–H groups in total. The quantitative estimate of drug-likeness (QED) is 0.232. The fourth-order valence-corrected chi connectivity index (χ4v) is 6.43. The molecule has 0 radical (unpaired) electrons. The average molecular weight is 475 g/mol. The van der Waals surface area contributed by atoms with Crippen LogP contribution in [0.4, 0.5) is 0 Å². The Morgan fingerprint density at radius 3 is 1.95 bits per heavy atom. The molecule has 1 heterocycles. The van der Waals surface area contributed by atoms with Gasteiger partial charge in [0, 0.05) is 22.9 Å². The van der Waals surface area contributed by atoms with Crippen molar-refractivity contribution in [3.63, 3.8) is 0 Å². The third-order valence-electron chi connectivity index (χ3n) is 8.13. The van der Waals surface area contributed by atoms with Gasteiger partial charge in [-0.1, -0.05) is 116 Å². The summed E-state index contributed by atoms with van der Waals surface area (Å²) in [5.74, 6) is 1.07. The van der Waals surface area contributed by atoms with Gasteiger partial charge in [0.2, 0.25) is 0 Å². The molecule has 2 heteroatoms. The fraction of sp³-hybridized carbons (Fsp3) is 0.114. The Balaban J connectivity index is 1.55. The first-order valence-electron chi connectivity index (χ1n) is 13.3. The van der Waals surface area contributed by atoms with Gasteiger partial charge in [0.05, 0.1) is 11.0 Å². The van der Waals surface area contributed by atoms with Crippen molar-refractivity contribution in [3.05, 3.63) is 103 Å². The Hall–Kier alpha value is -4.43. The highest BCUT2D eigenvalue weighted by molar-refractivity contribution is 6.27. The monoisotopic (exact) mass is 474 g/mol. The van der Waals surface area contributed by atoms with Crippen molar-refractivity contribution >= 4 is 64.9 Å². The number of unbranched alkanes of at least 4 members (excludes halogenated alkanes) is 1. The smallest absolute Gasteiger partial charge is 0.141 e. The zero-order valence-corrected chi connectivity index (χ0v) is 20.8. The molecule has 0 spiro atoms. The molecule has 0 bridgehead atoms. The first-order valence-corrected chi connectivity index (χ1v) is 13.3. The topological polar surface area (TPSA) is 17.8 Å². The molecule has 176 valence electrons. The van der Waals surface area contributed by atoms with E-state index in [1.165, 1.54) is 64.9 Å². The number of fused-ring (bicyclic) bond motifs is 6. The van der Waals surface area contributed by atoms with E-state index in [9.17, 15) is 0 Å². The van der Waals surface area contributed by atoms with Crippen molar-refractivity contribution in [2.75, 3.05) is 0 Å². The van der Waals surface area contributed by atoms with Gasteiger partial charge in [0.15, 0.2) is 0 Å². The van der Waals surface area contributed by atoms with E-state index in [1.54, 1.807) is 0 Å². The van der Waals surface area contributed by atoms with E-state index in [1.807, 2.05) is 0 Å². The summed E-state index contributed by atoms with van der Waals surface area (Å²) >= 11 is 0. The summed E-state index contributed by atoms with van der Waals surface area (Å²) in [6.07, 6.45) is 2.26. The van der Waals surface area contributed by atoms with Crippen LogP contribution in [0.3, 0.4) is 0 Å². The van der Waals surface area contributed by atoms with Crippen LogP contribution in [-0.2, 0) is 6.54 Å². The molecular weight excluding hydrogens is 448 g/mol. The lowest BCUT2D eigenvalue weighted by molar-refractivity contribution is 0.652. The minimum Gasteiger partial charge on any atom is -0.323 e. The highest BCUT2D eigenvalue weighted by Crippen LogP contribution is 2.42. The maximum absolute atomic E-state index is 5.46. The molecule has 8 rings (SSSR count). The predicted octanol–water partition coefficient (Wildman–Crippen LogP) is 9.71. The fourth-order valence-electron chi connectivity index (χ4n) is 6.43. The number of hydrogen-bond acceptors (Lipinski definition) is 1. The normalized spacial score (nSPS) is 12.2. The number of imidazole rings is 1. The minimum atomic E-state index is 0.951. The second-order valence-electron chi connectivity index (χ2n) is 10.2. The minimum absolute atomic E-state index is 0.951. The summed E-state index contributed by atoms with van der Waals surface area (Å²) in [5, 5.41) is 12.9. The number of rotatable bonds is 4. The van der Waals surface area contributed by atoms with E-state index in [2.05, 4.69) is 115 Å². The van der Waals surface area contributed by atoms with Gasteiger partial charge in [0.25, 0.3) is 0 Å². The van der Waals surface area contributed by atoms with E-state index in [4.69, 9.17) is 4.98 Å². The predicted molar refractivity (Wildman–Crippen MR) is 159 cm³/mol. The lowest BCUT2D eigenvalue weighted by Gasteiger charge is -2.15. The van der Waals surface area contributed by atoms with E-state index in [0.29, 0.717) is 0 Å². The van der Waals surface area contributed by atoms with Gasteiger partial charge in [-0.05, 0) is 49.5 Å². The first-order chi connectivity index (χ1) is 18.3. The van der Waals surface area contributed by atoms with Crippen LogP contribution in [0.15, 0.2) is 103 Å². The lowest BCUT2D eigenvalue weighted by atomic mass is 9.92. The van der Waals surface area contributed by atoms with Crippen LogP contribution in [0.25, 0.3) is 76.3 Å². The Labute approximate surface area is 215 Å². The maximum Gasteiger partial charge on any atom is 0.141 e. The van der Waals surface area contributed by atoms with Gasteiger partial charge in [-0.25, -0.2) is 4.98 Å². The van der Waals surface area contributed by atoms with Gasteiger partial charge in [0.1, 0.15) is 5.82 Å². The summed E-state index contributed by atoms with van der Waals surface area (Å²) in [7, 11) is 0. The van der Waals surface area contributed by atoms with Gasteiger partial charge in [-0.15, -0.1) is 0 Å². The third kappa shape index (κ3) is 2.84. The molecule has 0 atom stereocenters. The Kier molecular flexibility index (Phi) is 4.36. The summed E-state index contributed by atoms with van der Waals surface area (Å²) < 4.78 is 2.50. The molecule has 0 fully saturated rings. The van der Waals surface area contributed by atoms with Crippen molar-refractivity contribution in [3.8, 4) is 11.4 Å². The van der Waals surface area contributed by atoms with Gasteiger partial charge >= 0.3 is 0 Å². The zero-order chi connectivity index (χ0) is 24.5. The molecule has 0 amide bonds. The Morgan fingerprint density at radius 2 is 1.19 bits per heavy atom. The molecule has 0 saturated heterocycles. The van der Waals surface area contributed by atoms with Crippen LogP contribution < -0.4 is 0 Å². The molecule has 0 aliphatic rings. The van der Waals surface area contributed by atoms with Crippen molar-refractivity contribution < 1.29 is 0 Å². The van der Waals surface area contributed by atoms with Crippen molar-refractivity contribution in [1.82, 2.24) is 9.55 Å². The molecule has 0 aliphatic carbocycles. The summed E-state index contributed by atoms with van der Waals surface area (Å²) in [6, 6.07) is 37.8. The summed E-state index contributed by atoms with van der Waals surface area (Å²) in [5.41, 5.74) is 3.57. The molecule has 0 unspecified atom stereocenters. The van der Waals surface area contributed by atoms with Crippen LogP contribution in [0.2, 0.25) is 0 Å². The zero-order valence-electron chi connectivity index (χ0n) is 20.8. The molecule has 37 heavy (non-hydrogen) atoms. The van der Waals surface area contributed by atoms with Gasteiger partial charge < -0.3 is 4.57 Å². The number of benzene rings is 7. The maximum atomic E-state index is 5.46. The van der Waals surface area contributed by atoms with E-state index < -0.39 is 0 Å². The summed E-state index contributed by atoms with van der Waals surface area (Å²) in [4.78, 5) is 5.46. The SMILES string of the molecule is CCCCn1c(-c2ccc3ccc4cccc5ccc2c3c45)nc2c3ccccc3c3ccccc3c21. The van der Waals surface area contributed by atoms with Crippen LogP contribution in [0.5, 0.6) is 0 Å². The van der Waals surface area contributed by atoms with Crippen LogP contribution in [0.1, 0.15) is 19.8 Å². The number of aryl methyl sites for hydroxylation is 1. The van der Waals surface area contributed by atoms with Crippen LogP contribution in [0, 0.1) is 0 Å². The highest BCUT2D eigenvalue weighted by atomic mass is 15.1. The molecule has 8 aromatic rings. The molecule has 0 saturated carbocycles. The molecule has 0 aliphatic heterocycles. The van der Waals surface area contributed by atoms with Crippen molar-refractivity contribution in [1.29, 1.82) is 0 Å². The largest absolute Gasteiger partial charge is 0.323 e.